The Morgan fingerprint density at radius 1 is 1.19 bits per heavy atom. The van der Waals surface area contributed by atoms with Crippen molar-refractivity contribution in [1.82, 2.24) is 14.5 Å². The molecule has 2 atom stereocenters. The topological polar surface area (TPSA) is 78.3 Å². The van der Waals surface area contributed by atoms with Crippen LogP contribution in [0, 0.1) is 18.6 Å². The summed E-state index contributed by atoms with van der Waals surface area (Å²) in [5, 5.41) is 2.31. The first-order valence-electron chi connectivity index (χ1n) is 11.1. The lowest BCUT2D eigenvalue weighted by Crippen LogP contribution is -2.53. The first-order chi connectivity index (χ1) is 17.4. The van der Waals surface area contributed by atoms with E-state index in [4.69, 9.17) is 9.47 Å². The molecule has 200 valence electrons. The molecule has 2 aromatic heterocycles. The molecule has 1 aliphatic rings. The van der Waals surface area contributed by atoms with Gasteiger partial charge in [-0.25, -0.2) is 23.1 Å². The van der Waals surface area contributed by atoms with Crippen molar-refractivity contribution in [3.63, 3.8) is 0 Å². The second-order valence-corrected chi connectivity index (χ2v) is 8.36. The number of hydrogen-bond acceptors (Lipinski definition) is 6. The van der Waals surface area contributed by atoms with Crippen molar-refractivity contribution < 1.29 is 40.2 Å². The lowest BCUT2D eigenvalue weighted by atomic mass is 9.97. The van der Waals surface area contributed by atoms with Gasteiger partial charge in [-0.2, -0.15) is 17.6 Å². The van der Waals surface area contributed by atoms with Crippen LogP contribution in [0.4, 0.5) is 36.6 Å². The molecule has 1 aliphatic heterocycles. The molecule has 37 heavy (non-hydrogen) atoms. The van der Waals surface area contributed by atoms with Gasteiger partial charge < -0.3 is 14.8 Å². The van der Waals surface area contributed by atoms with Crippen molar-refractivity contribution in [2.24, 2.45) is 0 Å². The molecule has 7 nitrogen and oxygen atoms in total. The maximum absolute atomic E-state index is 15.2. The molecule has 0 amide bonds. The maximum atomic E-state index is 15.2. The zero-order valence-corrected chi connectivity index (χ0v) is 19.5. The van der Waals surface area contributed by atoms with Gasteiger partial charge in [-0.15, -0.1) is 0 Å². The van der Waals surface area contributed by atoms with E-state index in [-0.39, 0.29) is 40.4 Å². The lowest BCUT2D eigenvalue weighted by molar-refractivity contribution is -0.214. The highest BCUT2D eigenvalue weighted by atomic mass is 19.4. The molecule has 0 bridgehead atoms. The van der Waals surface area contributed by atoms with Crippen molar-refractivity contribution in [1.29, 1.82) is 0 Å². The maximum Gasteiger partial charge on any atom is 0.414 e. The fraction of sp³-hybridized carbons (Fsp3) is 0.435. The minimum absolute atomic E-state index is 0.0361. The van der Waals surface area contributed by atoms with Crippen LogP contribution in [0.1, 0.15) is 42.9 Å². The summed E-state index contributed by atoms with van der Waals surface area (Å²) in [4.78, 5) is 20.7. The molecular formula is C23H21F7N4O3. The Balaban J connectivity index is 1.92. The summed E-state index contributed by atoms with van der Waals surface area (Å²) < 4.78 is 110. The summed E-state index contributed by atoms with van der Waals surface area (Å²) in [7, 11) is 0. The largest absolute Gasteiger partial charge is 0.414 e. The monoisotopic (exact) mass is 534 g/mol. The van der Waals surface area contributed by atoms with Crippen molar-refractivity contribution in [2.75, 3.05) is 25.1 Å². The molecule has 1 aromatic carbocycles. The first kappa shape index (κ1) is 26.8. The zero-order chi connectivity index (χ0) is 27.1. The van der Waals surface area contributed by atoms with Gasteiger partial charge in [0.1, 0.15) is 23.0 Å². The Morgan fingerprint density at radius 3 is 2.49 bits per heavy atom. The van der Waals surface area contributed by atoms with Crippen LogP contribution < -0.4 is 10.9 Å². The molecule has 0 spiro atoms. The molecule has 3 aromatic rings. The molecule has 0 aliphatic carbocycles. The molecule has 0 saturated carbocycles. The quantitative estimate of drug-likeness (QED) is 0.334. The molecule has 1 unspecified atom stereocenters. The third-order valence-corrected chi connectivity index (χ3v) is 6.10. The van der Waals surface area contributed by atoms with Gasteiger partial charge in [-0.1, -0.05) is 18.2 Å². The fourth-order valence-electron chi connectivity index (χ4n) is 4.24. The minimum Gasteiger partial charge on any atom is -0.379 e. The van der Waals surface area contributed by atoms with Gasteiger partial charge >= 0.3 is 6.18 Å². The van der Waals surface area contributed by atoms with Crippen LogP contribution >= 0.6 is 0 Å². The van der Waals surface area contributed by atoms with Gasteiger partial charge in [0, 0.05) is 31.4 Å². The number of fused-ring (bicyclic) bond motifs is 1. The number of alkyl halides is 5. The standard InChI is InChI=1S/C23H21F7N4O3/c1-3-37-20(13-6-4-5-12(15(13)24)18(26)27)33-19-14-9-34(22(23(28,29)30)7-8-36-10-22)21(35)16(25)17(14)31-11(2)32-19/h4-6,9,18,20H,3,7-8,10H2,1-2H3,(H,31,32,33)/t20?,22-/m1/s1. The van der Waals surface area contributed by atoms with Crippen LogP contribution in [0.2, 0.25) is 0 Å². The average molecular weight is 534 g/mol. The second-order valence-electron chi connectivity index (χ2n) is 8.36. The Morgan fingerprint density at radius 2 is 1.89 bits per heavy atom. The lowest BCUT2D eigenvalue weighted by Gasteiger charge is -2.32. The smallest absolute Gasteiger partial charge is 0.379 e. The van der Waals surface area contributed by atoms with Crippen LogP contribution in [0.5, 0.6) is 0 Å². The van der Waals surface area contributed by atoms with Crippen LogP contribution in [0.15, 0.2) is 29.2 Å². The highest BCUT2D eigenvalue weighted by Crippen LogP contribution is 2.43. The number of benzene rings is 1. The SMILES string of the molecule is CCOC(Nc1nc(C)nc2c(F)c(=O)n([C@]3(C(F)(F)F)CCOC3)cc12)c1cccc(C(F)F)c1F. The number of nitrogens with zero attached hydrogens (tertiary/aromatic N) is 3. The van der Waals surface area contributed by atoms with Crippen molar-refractivity contribution >= 4 is 16.7 Å². The Hall–Kier alpha value is -3.26. The van der Waals surface area contributed by atoms with Crippen molar-refractivity contribution in [3.05, 3.63) is 63.3 Å². The molecule has 3 heterocycles. The van der Waals surface area contributed by atoms with E-state index >= 15 is 4.39 Å². The van der Waals surface area contributed by atoms with E-state index in [1.165, 1.54) is 26.0 Å². The van der Waals surface area contributed by atoms with E-state index in [9.17, 15) is 31.1 Å². The van der Waals surface area contributed by atoms with Crippen LogP contribution in [-0.4, -0.2) is 40.5 Å². The van der Waals surface area contributed by atoms with Gasteiger partial charge in [0.2, 0.25) is 5.82 Å². The van der Waals surface area contributed by atoms with Crippen molar-refractivity contribution in [3.8, 4) is 0 Å². The third kappa shape index (κ3) is 4.63. The number of rotatable bonds is 7. The van der Waals surface area contributed by atoms with Crippen LogP contribution in [0.25, 0.3) is 10.9 Å². The molecule has 1 fully saturated rings. The number of aromatic nitrogens is 3. The number of aryl methyl sites for hydroxylation is 1. The number of hydrogen-bond donors (Lipinski definition) is 1. The Bertz CT molecular complexity index is 1370. The van der Waals surface area contributed by atoms with E-state index in [2.05, 4.69) is 15.3 Å². The fourth-order valence-corrected chi connectivity index (χ4v) is 4.24. The van der Waals surface area contributed by atoms with Crippen molar-refractivity contribution in [2.45, 2.75) is 44.6 Å². The van der Waals surface area contributed by atoms with Crippen LogP contribution in [0.3, 0.4) is 0 Å². The highest BCUT2D eigenvalue weighted by Gasteiger charge is 2.59. The first-order valence-corrected chi connectivity index (χ1v) is 11.1. The molecule has 0 radical (unpaired) electrons. The molecule has 1 saturated heterocycles. The predicted octanol–water partition coefficient (Wildman–Crippen LogP) is 5.14. The van der Waals surface area contributed by atoms with Gasteiger partial charge in [-0.05, 0) is 13.8 Å². The summed E-state index contributed by atoms with van der Waals surface area (Å²) in [6.45, 7) is 1.62. The number of anilines is 1. The van der Waals surface area contributed by atoms with E-state index < -0.39 is 65.7 Å². The summed E-state index contributed by atoms with van der Waals surface area (Å²) in [6.07, 6.45) is -9.42. The zero-order valence-electron chi connectivity index (χ0n) is 19.5. The minimum atomic E-state index is -4.97. The molecular weight excluding hydrogens is 513 g/mol. The third-order valence-electron chi connectivity index (χ3n) is 6.10. The summed E-state index contributed by atoms with van der Waals surface area (Å²) in [5.41, 5.74) is -6.20. The number of ether oxygens (including phenoxy) is 2. The number of nitrogens with one attached hydrogen (secondary N) is 1. The van der Waals surface area contributed by atoms with E-state index in [0.29, 0.717) is 0 Å². The van der Waals surface area contributed by atoms with Gasteiger partial charge in [0.05, 0.1) is 17.6 Å². The summed E-state index contributed by atoms with van der Waals surface area (Å²) in [5.74, 6) is -3.19. The number of halogens is 7. The normalized spacial score (nSPS) is 19.1. The predicted molar refractivity (Wildman–Crippen MR) is 117 cm³/mol. The summed E-state index contributed by atoms with van der Waals surface area (Å²) in [6, 6.07) is 3.25. The van der Waals surface area contributed by atoms with E-state index in [0.717, 1.165) is 12.3 Å². The average Bonchev–Trinajstić information content (AvgIpc) is 3.33. The van der Waals surface area contributed by atoms with Gasteiger partial charge in [0.25, 0.3) is 12.0 Å². The molecule has 1 N–H and O–H groups in total. The van der Waals surface area contributed by atoms with Crippen LogP contribution in [-0.2, 0) is 15.0 Å². The van der Waals surface area contributed by atoms with Gasteiger partial charge in [0.15, 0.2) is 11.8 Å². The Labute approximate surface area is 205 Å². The highest BCUT2D eigenvalue weighted by molar-refractivity contribution is 5.89. The van der Waals surface area contributed by atoms with Gasteiger partial charge in [-0.3, -0.25) is 9.36 Å². The molecule has 14 heteroatoms. The summed E-state index contributed by atoms with van der Waals surface area (Å²) >= 11 is 0. The Kier molecular flexibility index (Phi) is 7.16. The second kappa shape index (κ2) is 9.89. The number of pyridine rings is 1. The van der Waals surface area contributed by atoms with E-state index in [1.54, 1.807) is 0 Å². The molecule has 4 rings (SSSR count). The van der Waals surface area contributed by atoms with E-state index in [1.807, 2.05) is 0 Å².